The highest BCUT2D eigenvalue weighted by atomic mass is 127. The normalized spacial score (nSPS) is 10.8. The van der Waals surface area contributed by atoms with Crippen LogP contribution in [0.5, 0.6) is 5.75 Å². The fraction of sp³-hybridized carbons (Fsp3) is 0. The Labute approximate surface area is 87.1 Å². The van der Waals surface area contributed by atoms with E-state index >= 15 is 0 Å². The number of halogens is 1. The molecule has 0 aliphatic heterocycles. The summed E-state index contributed by atoms with van der Waals surface area (Å²) in [5.41, 5.74) is 5.63. The lowest BCUT2D eigenvalue weighted by Gasteiger charge is -1.95. The van der Waals surface area contributed by atoms with Gasteiger partial charge in [0.25, 0.3) is 0 Å². The van der Waals surface area contributed by atoms with E-state index in [0.29, 0.717) is 5.75 Å². The molecule has 0 aliphatic carbocycles. The minimum Gasteiger partial charge on any atom is -0.507 e. The van der Waals surface area contributed by atoms with Crippen LogP contribution in [0, 0.1) is 3.57 Å². The van der Waals surface area contributed by atoms with Crippen LogP contribution < -0.4 is 5.73 Å². The van der Waals surface area contributed by atoms with E-state index in [9.17, 15) is 5.11 Å². The summed E-state index contributed by atoms with van der Waals surface area (Å²) in [5, 5.41) is 11.3. The molecule has 62 valence electrons. The van der Waals surface area contributed by atoms with E-state index in [1.54, 1.807) is 6.07 Å². The van der Waals surface area contributed by atoms with Crippen molar-refractivity contribution in [1.82, 2.24) is 0 Å². The number of phenols is 1. The Morgan fingerprint density at radius 3 is 2.83 bits per heavy atom. The largest absolute Gasteiger partial charge is 0.507 e. The fourth-order valence-electron chi connectivity index (χ4n) is 1.07. The van der Waals surface area contributed by atoms with Gasteiger partial charge in [-0.2, -0.15) is 0 Å². The molecule has 1 heterocycles. The summed E-state index contributed by atoms with van der Waals surface area (Å²) in [5.74, 6) is 0.324. The van der Waals surface area contributed by atoms with Crippen molar-refractivity contribution in [2.75, 3.05) is 5.73 Å². The third-order valence-corrected chi connectivity index (χ3v) is 3.40. The predicted molar refractivity (Wildman–Crippen MR) is 60.6 cm³/mol. The maximum absolute atomic E-state index is 9.38. The Bertz CT molecular complexity index is 399. The summed E-state index contributed by atoms with van der Waals surface area (Å²) < 4.78 is 1.89. The third kappa shape index (κ3) is 1.25. The van der Waals surface area contributed by atoms with Gasteiger partial charge in [0.1, 0.15) is 5.75 Å². The van der Waals surface area contributed by atoms with Gasteiger partial charge in [-0.05, 0) is 46.2 Å². The van der Waals surface area contributed by atoms with Gasteiger partial charge >= 0.3 is 0 Å². The first kappa shape index (κ1) is 8.12. The monoisotopic (exact) mass is 291 g/mol. The van der Waals surface area contributed by atoms with Gasteiger partial charge in [-0.1, -0.05) is 0 Å². The molecule has 4 heteroatoms. The van der Waals surface area contributed by atoms with Crippen LogP contribution >= 0.6 is 33.9 Å². The molecule has 0 saturated carbocycles. The Morgan fingerprint density at radius 2 is 2.08 bits per heavy atom. The van der Waals surface area contributed by atoms with Crippen LogP contribution in [0.15, 0.2) is 18.2 Å². The molecule has 1 aromatic carbocycles. The summed E-state index contributed by atoms with van der Waals surface area (Å²) in [7, 11) is 0. The molecule has 12 heavy (non-hydrogen) atoms. The number of rotatable bonds is 0. The van der Waals surface area contributed by atoms with Gasteiger partial charge in [0.15, 0.2) is 0 Å². The number of nitrogen functional groups attached to an aromatic ring is 1. The smallest absolute Gasteiger partial charge is 0.130 e. The minimum absolute atomic E-state index is 0.324. The lowest BCUT2D eigenvalue weighted by atomic mass is 10.2. The Hall–Kier alpha value is -0.490. The second-order valence-corrected chi connectivity index (χ2v) is 4.77. The Morgan fingerprint density at radius 1 is 1.33 bits per heavy atom. The van der Waals surface area contributed by atoms with E-state index in [1.165, 1.54) is 11.3 Å². The first-order valence-electron chi connectivity index (χ1n) is 3.34. The molecule has 0 bridgehead atoms. The van der Waals surface area contributed by atoms with Crippen molar-refractivity contribution < 1.29 is 5.11 Å². The molecule has 3 N–H and O–H groups in total. The van der Waals surface area contributed by atoms with Gasteiger partial charge in [0.05, 0.1) is 8.57 Å². The second-order valence-electron chi connectivity index (χ2n) is 2.49. The average molecular weight is 291 g/mol. The lowest BCUT2D eigenvalue weighted by molar-refractivity contribution is 0.472. The van der Waals surface area contributed by atoms with Crippen molar-refractivity contribution in [3.8, 4) is 5.75 Å². The first-order valence-corrected chi connectivity index (χ1v) is 5.24. The number of anilines is 1. The number of phenolic OH excluding ortho intramolecular Hbond substituents is 1. The van der Waals surface area contributed by atoms with Gasteiger partial charge < -0.3 is 10.8 Å². The summed E-state index contributed by atoms with van der Waals surface area (Å²) in [6, 6.07) is 5.60. The molecular formula is C8H6INOS. The Balaban J connectivity index is 2.83. The van der Waals surface area contributed by atoms with Gasteiger partial charge in [-0.25, -0.2) is 0 Å². The summed E-state index contributed by atoms with van der Waals surface area (Å²) in [6.07, 6.45) is 0. The SMILES string of the molecule is Nc1cc2cc(I)c(O)cc2s1. The van der Waals surface area contributed by atoms with Crippen LogP contribution in [0.4, 0.5) is 5.00 Å². The molecule has 0 amide bonds. The highest BCUT2D eigenvalue weighted by Gasteiger charge is 2.03. The van der Waals surface area contributed by atoms with Crippen molar-refractivity contribution in [3.05, 3.63) is 21.8 Å². The molecule has 0 radical (unpaired) electrons. The Kier molecular flexibility index (Phi) is 1.88. The number of benzene rings is 1. The van der Waals surface area contributed by atoms with E-state index in [-0.39, 0.29) is 0 Å². The van der Waals surface area contributed by atoms with Crippen molar-refractivity contribution in [2.45, 2.75) is 0 Å². The molecule has 2 nitrogen and oxygen atoms in total. The number of thiophene rings is 1. The van der Waals surface area contributed by atoms with Gasteiger partial charge in [-0.3, -0.25) is 0 Å². The molecule has 0 atom stereocenters. The fourth-order valence-corrected chi connectivity index (χ4v) is 2.41. The van der Waals surface area contributed by atoms with E-state index in [4.69, 9.17) is 5.73 Å². The highest BCUT2D eigenvalue weighted by Crippen LogP contribution is 2.33. The molecule has 0 aliphatic rings. The van der Waals surface area contributed by atoms with E-state index in [0.717, 1.165) is 18.7 Å². The number of nitrogens with two attached hydrogens (primary N) is 1. The first-order chi connectivity index (χ1) is 5.66. The highest BCUT2D eigenvalue weighted by molar-refractivity contribution is 14.1. The van der Waals surface area contributed by atoms with Crippen molar-refractivity contribution in [3.63, 3.8) is 0 Å². The predicted octanol–water partition coefficient (Wildman–Crippen LogP) is 2.79. The molecule has 0 saturated heterocycles. The summed E-state index contributed by atoms with van der Waals surface area (Å²) >= 11 is 3.58. The van der Waals surface area contributed by atoms with Crippen LogP contribution in [-0.2, 0) is 0 Å². The maximum atomic E-state index is 9.38. The van der Waals surface area contributed by atoms with E-state index < -0.39 is 0 Å². The number of fused-ring (bicyclic) bond motifs is 1. The van der Waals surface area contributed by atoms with Crippen LogP contribution in [0.3, 0.4) is 0 Å². The lowest BCUT2D eigenvalue weighted by Crippen LogP contribution is -1.73. The van der Waals surface area contributed by atoms with Gasteiger partial charge in [0, 0.05) is 4.70 Å². The molecule has 0 unspecified atom stereocenters. The second kappa shape index (κ2) is 2.77. The number of hydrogen-bond donors (Lipinski definition) is 2. The zero-order valence-corrected chi connectivity index (χ0v) is 9.02. The zero-order chi connectivity index (χ0) is 8.72. The van der Waals surface area contributed by atoms with Crippen molar-refractivity contribution >= 4 is 49.0 Å². The van der Waals surface area contributed by atoms with Crippen molar-refractivity contribution in [2.24, 2.45) is 0 Å². The van der Waals surface area contributed by atoms with Crippen LogP contribution in [0.2, 0.25) is 0 Å². The molecule has 0 fully saturated rings. The van der Waals surface area contributed by atoms with Crippen molar-refractivity contribution in [1.29, 1.82) is 0 Å². The van der Waals surface area contributed by atoms with E-state index in [2.05, 4.69) is 22.6 Å². The van der Waals surface area contributed by atoms with Crippen LogP contribution in [0.25, 0.3) is 10.1 Å². The summed E-state index contributed by atoms with van der Waals surface area (Å²) in [6.45, 7) is 0. The zero-order valence-electron chi connectivity index (χ0n) is 6.04. The molecular weight excluding hydrogens is 285 g/mol. The molecule has 2 rings (SSSR count). The van der Waals surface area contributed by atoms with E-state index in [1.807, 2.05) is 12.1 Å². The standard InChI is InChI=1S/C8H6INOS/c9-5-1-4-2-8(10)12-7(4)3-6(5)11/h1-3,11H,10H2. The molecule has 2 aromatic rings. The number of aromatic hydroxyl groups is 1. The minimum atomic E-state index is 0.324. The molecule has 1 aromatic heterocycles. The quantitative estimate of drug-likeness (QED) is 0.733. The number of hydrogen-bond acceptors (Lipinski definition) is 3. The average Bonchev–Trinajstić information content (AvgIpc) is 2.30. The van der Waals surface area contributed by atoms with Gasteiger partial charge in [0.2, 0.25) is 0 Å². The summed E-state index contributed by atoms with van der Waals surface area (Å²) in [4.78, 5) is 0. The molecule has 0 spiro atoms. The topological polar surface area (TPSA) is 46.2 Å². The van der Waals surface area contributed by atoms with Crippen LogP contribution in [0.1, 0.15) is 0 Å². The third-order valence-electron chi connectivity index (χ3n) is 1.60. The van der Waals surface area contributed by atoms with Crippen LogP contribution in [-0.4, -0.2) is 5.11 Å². The maximum Gasteiger partial charge on any atom is 0.130 e. The van der Waals surface area contributed by atoms with Gasteiger partial charge in [-0.15, -0.1) is 11.3 Å².